The van der Waals surface area contributed by atoms with Gasteiger partial charge in [0.2, 0.25) is 0 Å². The highest BCUT2D eigenvalue weighted by Crippen LogP contribution is 2.09. The van der Waals surface area contributed by atoms with Crippen LogP contribution in [0.1, 0.15) is 25.3 Å². The van der Waals surface area contributed by atoms with Gasteiger partial charge in [0.25, 0.3) is 0 Å². The van der Waals surface area contributed by atoms with E-state index in [0.717, 1.165) is 0 Å². The Kier molecular flexibility index (Phi) is 1.83. The molecule has 0 aromatic carbocycles. The summed E-state index contributed by atoms with van der Waals surface area (Å²) in [6, 6.07) is 4.20. The Hall–Kier alpha value is -0.850. The highest BCUT2D eigenvalue weighted by atomic mass is 14.6. The Bertz CT molecular complexity index is 167. The first kappa shape index (κ1) is 6.27. The largest absolute Gasteiger partial charge is 0.218 e. The molecule has 0 atom stereocenters. The Morgan fingerprint density at radius 3 is 2.11 bits per heavy atom. The van der Waals surface area contributed by atoms with Gasteiger partial charge in [0.1, 0.15) is 0 Å². The van der Waals surface area contributed by atoms with Gasteiger partial charge in [-0.2, -0.15) is 0 Å². The lowest BCUT2D eigenvalue weighted by molar-refractivity contribution is -0.378. The quantitative estimate of drug-likeness (QED) is 0.537. The maximum Gasteiger partial charge on any atom is 0.167 e. The number of H-pyrrole nitrogens is 1. The van der Waals surface area contributed by atoms with Gasteiger partial charge < -0.3 is 0 Å². The minimum atomic E-state index is 0.639. The zero-order valence-electron chi connectivity index (χ0n) is 5.89. The van der Waals surface area contributed by atoms with Crippen LogP contribution in [-0.2, 0) is 0 Å². The van der Waals surface area contributed by atoms with Crippen molar-refractivity contribution in [3.8, 4) is 0 Å². The van der Waals surface area contributed by atoms with Crippen molar-refractivity contribution in [3.63, 3.8) is 0 Å². The summed E-state index contributed by atoms with van der Waals surface area (Å²) in [6.45, 7) is 4.38. The first-order valence-electron chi connectivity index (χ1n) is 3.26. The van der Waals surface area contributed by atoms with Crippen LogP contribution in [0.15, 0.2) is 24.5 Å². The lowest BCUT2D eigenvalue weighted by Crippen LogP contribution is -1.99. The van der Waals surface area contributed by atoms with Crippen LogP contribution < -0.4 is 4.98 Å². The standard InChI is InChI=1S/C8H11N/c1-7(2)8-3-5-9-6-4-8/h3-7H,1-2H3/p+1. The zero-order chi connectivity index (χ0) is 6.69. The van der Waals surface area contributed by atoms with Crippen LogP contribution in [0.2, 0.25) is 0 Å². The van der Waals surface area contributed by atoms with Crippen LogP contribution in [0.25, 0.3) is 0 Å². The van der Waals surface area contributed by atoms with E-state index in [4.69, 9.17) is 0 Å². The maximum absolute atomic E-state index is 2.99. The highest BCUT2D eigenvalue weighted by molar-refractivity contribution is 5.11. The van der Waals surface area contributed by atoms with Crippen molar-refractivity contribution < 1.29 is 4.98 Å². The predicted octanol–water partition coefficient (Wildman–Crippen LogP) is 1.62. The number of pyridine rings is 1. The molecule has 1 aromatic heterocycles. The molecular weight excluding hydrogens is 110 g/mol. The molecule has 0 aliphatic carbocycles. The molecule has 1 heterocycles. The van der Waals surface area contributed by atoms with E-state index in [1.54, 1.807) is 0 Å². The average molecular weight is 122 g/mol. The van der Waals surface area contributed by atoms with Gasteiger partial charge in [0, 0.05) is 12.1 Å². The molecule has 1 nitrogen and oxygen atoms in total. The van der Waals surface area contributed by atoms with Crippen LogP contribution in [0, 0.1) is 0 Å². The van der Waals surface area contributed by atoms with Gasteiger partial charge in [0.05, 0.1) is 0 Å². The minimum Gasteiger partial charge on any atom is -0.218 e. The van der Waals surface area contributed by atoms with Crippen molar-refractivity contribution in [1.29, 1.82) is 0 Å². The van der Waals surface area contributed by atoms with Gasteiger partial charge in [-0.3, -0.25) is 0 Å². The minimum absolute atomic E-state index is 0.639. The lowest BCUT2D eigenvalue weighted by Gasteiger charge is -1.99. The molecule has 1 rings (SSSR count). The normalized spacial score (nSPS) is 10.1. The Morgan fingerprint density at radius 2 is 1.78 bits per heavy atom. The van der Waals surface area contributed by atoms with E-state index in [1.807, 2.05) is 12.4 Å². The Balaban J connectivity index is 2.85. The molecule has 0 unspecified atom stereocenters. The molecule has 1 aromatic rings. The van der Waals surface area contributed by atoms with Crippen LogP contribution in [0.4, 0.5) is 0 Å². The molecule has 1 N–H and O–H groups in total. The molecule has 0 saturated carbocycles. The fraction of sp³-hybridized carbons (Fsp3) is 0.375. The molecule has 0 saturated heterocycles. The topological polar surface area (TPSA) is 14.1 Å². The summed E-state index contributed by atoms with van der Waals surface area (Å²) < 4.78 is 0. The van der Waals surface area contributed by atoms with Crippen molar-refractivity contribution in [2.45, 2.75) is 19.8 Å². The molecule has 0 aliphatic rings. The molecule has 0 amide bonds. The molecule has 9 heavy (non-hydrogen) atoms. The smallest absolute Gasteiger partial charge is 0.167 e. The van der Waals surface area contributed by atoms with Gasteiger partial charge in [-0.15, -0.1) is 0 Å². The second kappa shape index (κ2) is 2.62. The van der Waals surface area contributed by atoms with Crippen molar-refractivity contribution in [2.75, 3.05) is 0 Å². The third-order valence-corrected chi connectivity index (χ3v) is 1.41. The van der Waals surface area contributed by atoms with E-state index in [9.17, 15) is 0 Å². The van der Waals surface area contributed by atoms with Crippen molar-refractivity contribution in [3.05, 3.63) is 30.1 Å². The Labute approximate surface area is 55.7 Å². The van der Waals surface area contributed by atoms with Crippen LogP contribution in [0.3, 0.4) is 0 Å². The van der Waals surface area contributed by atoms with Crippen molar-refractivity contribution in [2.24, 2.45) is 0 Å². The van der Waals surface area contributed by atoms with E-state index >= 15 is 0 Å². The van der Waals surface area contributed by atoms with E-state index in [1.165, 1.54) is 5.56 Å². The lowest BCUT2D eigenvalue weighted by atomic mass is 10.1. The summed E-state index contributed by atoms with van der Waals surface area (Å²) in [5, 5.41) is 0. The number of nitrogens with one attached hydrogen (secondary N) is 1. The van der Waals surface area contributed by atoms with Crippen LogP contribution in [0.5, 0.6) is 0 Å². The van der Waals surface area contributed by atoms with Crippen molar-refractivity contribution in [1.82, 2.24) is 0 Å². The second-order valence-corrected chi connectivity index (χ2v) is 2.49. The number of aromatic nitrogens is 1. The fourth-order valence-corrected chi connectivity index (χ4v) is 0.785. The van der Waals surface area contributed by atoms with Gasteiger partial charge in [-0.05, 0) is 11.5 Å². The highest BCUT2D eigenvalue weighted by Gasteiger charge is 1.96. The maximum atomic E-state index is 2.99. The number of hydrogen-bond donors (Lipinski definition) is 0. The van der Waals surface area contributed by atoms with E-state index in [-0.39, 0.29) is 0 Å². The molecule has 1 heteroatoms. The van der Waals surface area contributed by atoms with Crippen molar-refractivity contribution >= 4 is 0 Å². The third kappa shape index (κ3) is 1.53. The van der Waals surface area contributed by atoms with Crippen LogP contribution >= 0.6 is 0 Å². The monoisotopic (exact) mass is 122 g/mol. The number of aromatic amines is 1. The fourth-order valence-electron chi connectivity index (χ4n) is 0.785. The van der Waals surface area contributed by atoms with E-state index < -0.39 is 0 Å². The van der Waals surface area contributed by atoms with Gasteiger partial charge in [0.15, 0.2) is 12.4 Å². The summed E-state index contributed by atoms with van der Waals surface area (Å²) in [7, 11) is 0. The SMILES string of the molecule is CC(C)c1cc[nH+]cc1. The predicted molar refractivity (Wildman–Crippen MR) is 37.1 cm³/mol. The summed E-state index contributed by atoms with van der Waals surface area (Å²) in [6.07, 6.45) is 3.91. The molecule has 0 aliphatic heterocycles. The number of hydrogen-bond acceptors (Lipinski definition) is 0. The first-order valence-corrected chi connectivity index (χ1v) is 3.26. The number of rotatable bonds is 1. The molecule has 0 spiro atoms. The van der Waals surface area contributed by atoms with Gasteiger partial charge >= 0.3 is 0 Å². The average Bonchev–Trinajstić information content (AvgIpc) is 1.90. The summed E-state index contributed by atoms with van der Waals surface area (Å²) in [5.41, 5.74) is 1.38. The van der Waals surface area contributed by atoms with E-state index in [2.05, 4.69) is 31.0 Å². The van der Waals surface area contributed by atoms with Crippen LogP contribution in [-0.4, -0.2) is 0 Å². The Morgan fingerprint density at radius 1 is 1.22 bits per heavy atom. The first-order chi connectivity index (χ1) is 4.30. The van der Waals surface area contributed by atoms with E-state index in [0.29, 0.717) is 5.92 Å². The van der Waals surface area contributed by atoms with Gasteiger partial charge in [-0.25, -0.2) is 4.98 Å². The molecule has 48 valence electrons. The summed E-state index contributed by atoms with van der Waals surface area (Å²) >= 11 is 0. The zero-order valence-corrected chi connectivity index (χ0v) is 5.89. The molecule has 0 bridgehead atoms. The second-order valence-electron chi connectivity index (χ2n) is 2.49. The molecular formula is C8H12N+. The summed E-state index contributed by atoms with van der Waals surface area (Å²) in [4.78, 5) is 2.99. The molecule has 0 radical (unpaired) electrons. The summed E-state index contributed by atoms with van der Waals surface area (Å²) in [5.74, 6) is 0.639. The third-order valence-electron chi connectivity index (χ3n) is 1.41. The van der Waals surface area contributed by atoms with Gasteiger partial charge in [-0.1, -0.05) is 13.8 Å². The molecule has 0 fully saturated rings.